The lowest BCUT2D eigenvalue weighted by Crippen LogP contribution is -2.24. The molecule has 1 amide bonds. The van der Waals surface area contributed by atoms with Crippen molar-refractivity contribution in [1.82, 2.24) is 13.9 Å². The zero-order chi connectivity index (χ0) is 22.8. The molecule has 0 spiro atoms. The van der Waals surface area contributed by atoms with Crippen LogP contribution in [0.4, 0.5) is 5.69 Å². The van der Waals surface area contributed by atoms with Gasteiger partial charge in [-0.2, -0.15) is 0 Å². The monoisotopic (exact) mass is 480 g/mol. The number of hydrogen-bond acceptors (Lipinski definition) is 6. The number of nitrogens with zero attached hydrogens (tertiary/aromatic N) is 3. The molecule has 2 aromatic carbocycles. The first-order chi connectivity index (χ1) is 14.6. The topological polar surface area (TPSA) is 101 Å². The van der Waals surface area contributed by atoms with Gasteiger partial charge in [-0.15, -0.1) is 0 Å². The van der Waals surface area contributed by atoms with E-state index in [0.29, 0.717) is 22.6 Å². The number of hydrogen-bond donors (Lipinski definition) is 1. The molecule has 1 heterocycles. The molecule has 11 heteroatoms. The van der Waals surface area contributed by atoms with Crippen LogP contribution in [0.5, 0.6) is 0 Å². The van der Waals surface area contributed by atoms with Crippen LogP contribution >= 0.6 is 23.4 Å². The van der Waals surface area contributed by atoms with E-state index in [1.54, 1.807) is 24.3 Å². The molecular formula is C20H21ClN4O4S2. The van der Waals surface area contributed by atoms with Crippen LogP contribution < -0.4 is 10.9 Å². The van der Waals surface area contributed by atoms with Crippen LogP contribution in [0.15, 0.2) is 57.3 Å². The Bertz CT molecular complexity index is 1310. The summed E-state index contributed by atoms with van der Waals surface area (Å²) in [5.41, 5.74) is 0.583. The Labute approximate surface area is 189 Å². The van der Waals surface area contributed by atoms with Crippen molar-refractivity contribution in [3.8, 4) is 0 Å². The molecular weight excluding hydrogens is 460 g/mol. The van der Waals surface area contributed by atoms with Crippen LogP contribution in [0.25, 0.3) is 10.9 Å². The summed E-state index contributed by atoms with van der Waals surface area (Å²) < 4.78 is 27.2. The van der Waals surface area contributed by atoms with Gasteiger partial charge in [0.15, 0.2) is 5.16 Å². The van der Waals surface area contributed by atoms with E-state index in [1.165, 1.54) is 36.9 Å². The third-order valence-electron chi connectivity index (χ3n) is 4.47. The third kappa shape index (κ3) is 4.93. The number of fused-ring (bicyclic) bond motifs is 1. The Hall–Kier alpha value is -2.40. The summed E-state index contributed by atoms with van der Waals surface area (Å²) in [4.78, 5) is 29.7. The Morgan fingerprint density at radius 2 is 1.94 bits per heavy atom. The van der Waals surface area contributed by atoms with Gasteiger partial charge in [0.2, 0.25) is 15.9 Å². The van der Waals surface area contributed by atoms with E-state index in [0.717, 1.165) is 16.1 Å². The second-order valence-electron chi connectivity index (χ2n) is 6.73. The predicted octanol–water partition coefficient (Wildman–Crippen LogP) is 3.05. The Kier molecular flexibility index (Phi) is 7.05. The average molecular weight is 481 g/mol. The normalized spacial score (nSPS) is 11.8. The summed E-state index contributed by atoms with van der Waals surface area (Å²) >= 11 is 7.25. The van der Waals surface area contributed by atoms with Crippen molar-refractivity contribution in [1.29, 1.82) is 0 Å². The van der Waals surface area contributed by atoms with Crippen LogP contribution in [0.1, 0.15) is 6.92 Å². The first-order valence-electron chi connectivity index (χ1n) is 9.29. The zero-order valence-electron chi connectivity index (χ0n) is 17.1. The minimum absolute atomic E-state index is 0.0147. The van der Waals surface area contributed by atoms with E-state index in [9.17, 15) is 18.0 Å². The van der Waals surface area contributed by atoms with Crippen molar-refractivity contribution < 1.29 is 13.2 Å². The fraction of sp³-hybridized carbons (Fsp3) is 0.250. The van der Waals surface area contributed by atoms with Crippen molar-refractivity contribution in [2.45, 2.75) is 23.5 Å². The van der Waals surface area contributed by atoms with Crippen molar-refractivity contribution in [2.24, 2.45) is 0 Å². The summed E-state index contributed by atoms with van der Waals surface area (Å²) in [5.74, 6) is -0.442. The molecule has 0 aliphatic rings. The van der Waals surface area contributed by atoms with Crippen molar-refractivity contribution in [2.75, 3.05) is 25.2 Å². The molecule has 3 aromatic rings. The summed E-state index contributed by atoms with van der Waals surface area (Å²) in [7, 11) is -0.833. The number of carbonyl (C=O) groups excluding carboxylic acids is 1. The zero-order valence-corrected chi connectivity index (χ0v) is 19.5. The van der Waals surface area contributed by atoms with Crippen LogP contribution in [-0.4, -0.2) is 48.0 Å². The second-order valence-corrected chi connectivity index (χ2v) is 10.2. The molecule has 0 fully saturated rings. The van der Waals surface area contributed by atoms with Crippen LogP contribution in [0, 0.1) is 0 Å². The second kappa shape index (κ2) is 9.39. The smallest absolute Gasteiger partial charge is 0.262 e. The van der Waals surface area contributed by atoms with Gasteiger partial charge in [-0.05, 0) is 37.3 Å². The van der Waals surface area contributed by atoms with Crippen LogP contribution in [-0.2, 0) is 21.4 Å². The van der Waals surface area contributed by atoms with Crippen LogP contribution in [0.2, 0.25) is 5.02 Å². The molecule has 0 aliphatic heterocycles. The van der Waals surface area contributed by atoms with Gasteiger partial charge >= 0.3 is 0 Å². The Morgan fingerprint density at radius 3 is 2.61 bits per heavy atom. The lowest BCUT2D eigenvalue weighted by molar-refractivity contribution is -0.113. The Balaban J connectivity index is 1.81. The van der Waals surface area contributed by atoms with Crippen LogP contribution in [0.3, 0.4) is 0 Å². The highest BCUT2D eigenvalue weighted by Gasteiger charge is 2.19. The fourth-order valence-corrected chi connectivity index (χ4v) is 4.78. The van der Waals surface area contributed by atoms with Gasteiger partial charge in [0.1, 0.15) is 0 Å². The van der Waals surface area contributed by atoms with Gasteiger partial charge in [0, 0.05) is 20.6 Å². The number of carbonyl (C=O) groups is 1. The van der Waals surface area contributed by atoms with Crippen molar-refractivity contribution >= 4 is 55.9 Å². The number of aromatic nitrogens is 2. The van der Waals surface area contributed by atoms with E-state index in [1.807, 2.05) is 6.92 Å². The quantitative estimate of drug-likeness (QED) is 0.412. The lowest BCUT2D eigenvalue weighted by Gasteiger charge is -2.14. The number of nitrogens with one attached hydrogen (secondary N) is 1. The minimum Gasteiger partial charge on any atom is -0.324 e. The van der Waals surface area contributed by atoms with E-state index in [-0.39, 0.29) is 26.9 Å². The number of rotatable bonds is 7. The summed E-state index contributed by atoms with van der Waals surface area (Å²) in [5, 5.41) is 3.79. The summed E-state index contributed by atoms with van der Waals surface area (Å²) in [6, 6.07) is 11.1. The summed E-state index contributed by atoms with van der Waals surface area (Å²) in [6.07, 6.45) is 0. The van der Waals surface area contributed by atoms with Crippen molar-refractivity contribution in [3.05, 3.63) is 57.8 Å². The molecule has 0 atom stereocenters. The van der Waals surface area contributed by atoms with Crippen molar-refractivity contribution in [3.63, 3.8) is 0 Å². The predicted molar refractivity (Wildman–Crippen MR) is 123 cm³/mol. The van der Waals surface area contributed by atoms with E-state index < -0.39 is 15.9 Å². The largest absolute Gasteiger partial charge is 0.324 e. The number of benzene rings is 2. The van der Waals surface area contributed by atoms with Gasteiger partial charge < -0.3 is 5.32 Å². The van der Waals surface area contributed by atoms with Gasteiger partial charge in [-0.1, -0.05) is 35.5 Å². The molecule has 0 unspecified atom stereocenters. The fourth-order valence-electron chi connectivity index (χ4n) is 2.82. The minimum atomic E-state index is -3.67. The van der Waals surface area contributed by atoms with Gasteiger partial charge in [0.25, 0.3) is 5.56 Å². The highest BCUT2D eigenvalue weighted by molar-refractivity contribution is 7.99. The number of anilines is 1. The van der Waals surface area contributed by atoms with Gasteiger partial charge in [0.05, 0.1) is 32.3 Å². The SMILES string of the molecule is CCn1c(SCC(=O)Nc2cc(S(=O)(=O)N(C)C)ccc2Cl)nc2ccccc2c1=O. The van der Waals surface area contributed by atoms with E-state index in [2.05, 4.69) is 10.3 Å². The highest BCUT2D eigenvalue weighted by Crippen LogP contribution is 2.27. The lowest BCUT2D eigenvalue weighted by atomic mass is 10.2. The molecule has 8 nitrogen and oxygen atoms in total. The first kappa shape index (κ1) is 23.3. The standard InChI is InChI=1S/C20H21ClN4O4S2/c1-4-25-19(27)14-7-5-6-8-16(14)23-20(25)30-12-18(26)22-17-11-13(9-10-15(17)21)31(28,29)24(2)3/h5-11H,4,12H2,1-3H3,(H,22,26). The molecule has 1 N–H and O–H groups in total. The molecule has 1 aromatic heterocycles. The number of thioether (sulfide) groups is 1. The molecule has 0 aliphatic carbocycles. The number of sulfonamides is 1. The van der Waals surface area contributed by atoms with E-state index in [4.69, 9.17) is 11.6 Å². The molecule has 3 rings (SSSR count). The number of para-hydroxylation sites is 1. The van der Waals surface area contributed by atoms with Gasteiger partial charge in [-0.25, -0.2) is 17.7 Å². The van der Waals surface area contributed by atoms with E-state index >= 15 is 0 Å². The maximum Gasteiger partial charge on any atom is 0.262 e. The highest BCUT2D eigenvalue weighted by atomic mass is 35.5. The maximum absolute atomic E-state index is 12.7. The third-order valence-corrected chi connectivity index (χ3v) is 7.58. The first-order valence-corrected chi connectivity index (χ1v) is 12.1. The maximum atomic E-state index is 12.7. The molecule has 0 saturated carbocycles. The Morgan fingerprint density at radius 1 is 1.23 bits per heavy atom. The molecule has 164 valence electrons. The molecule has 0 bridgehead atoms. The number of halogens is 1. The average Bonchev–Trinajstić information content (AvgIpc) is 2.73. The van der Waals surface area contributed by atoms with Gasteiger partial charge in [-0.3, -0.25) is 14.2 Å². The molecule has 0 saturated heterocycles. The molecule has 0 radical (unpaired) electrons. The molecule has 31 heavy (non-hydrogen) atoms. The summed E-state index contributed by atoms with van der Waals surface area (Å²) in [6.45, 7) is 2.25. The number of amides is 1.